The molecule has 2 aromatic rings. The summed E-state index contributed by atoms with van der Waals surface area (Å²) in [5, 5.41) is 3.06. The number of carbonyl (C=O) groups is 2. The summed E-state index contributed by atoms with van der Waals surface area (Å²) < 4.78 is 0. The van der Waals surface area contributed by atoms with Crippen molar-refractivity contribution in [2.75, 3.05) is 36.4 Å². The third-order valence-electron chi connectivity index (χ3n) is 6.17. The fraction of sp³-hybridized carbons (Fsp3) is 0.462. The van der Waals surface area contributed by atoms with E-state index >= 15 is 0 Å². The van der Waals surface area contributed by atoms with Gasteiger partial charge in [0, 0.05) is 37.6 Å². The lowest BCUT2D eigenvalue weighted by Crippen LogP contribution is -2.35. The maximum absolute atomic E-state index is 13.3. The summed E-state index contributed by atoms with van der Waals surface area (Å²) >= 11 is 0. The van der Waals surface area contributed by atoms with Crippen molar-refractivity contribution in [2.24, 2.45) is 0 Å². The Morgan fingerprint density at radius 1 is 0.968 bits per heavy atom. The highest BCUT2D eigenvalue weighted by Crippen LogP contribution is 2.29. The van der Waals surface area contributed by atoms with Crippen LogP contribution in [0, 0.1) is 0 Å². The highest BCUT2D eigenvalue weighted by molar-refractivity contribution is 6.03. The van der Waals surface area contributed by atoms with Gasteiger partial charge in [0.2, 0.25) is 5.91 Å². The van der Waals surface area contributed by atoms with Crippen molar-refractivity contribution in [2.45, 2.75) is 52.4 Å². The van der Waals surface area contributed by atoms with E-state index in [4.69, 9.17) is 0 Å². The molecule has 1 saturated heterocycles. The van der Waals surface area contributed by atoms with Gasteiger partial charge in [0.15, 0.2) is 0 Å². The van der Waals surface area contributed by atoms with E-state index in [0.29, 0.717) is 30.8 Å². The van der Waals surface area contributed by atoms with E-state index in [9.17, 15) is 9.59 Å². The normalized spacial score (nSPS) is 14.7. The predicted molar refractivity (Wildman–Crippen MR) is 128 cm³/mol. The Morgan fingerprint density at radius 2 is 1.65 bits per heavy atom. The lowest BCUT2D eigenvalue weighted by molar-refractivity contribution is -0.117. The van der Waals surface area contributed by atoms with Crippen LogP contribution in [0.25, 0.3) is 0 Å². The number of nitrogens with one attached hydrogen (secondary N) is 1. The van der Waals surface area contributed by atoms with Crippen LogP contribution in [-0.4, -0.2) is 42.9 Å². The van der Waals surface area contributed by atoms with Gasteiger partial charge in [0.05, 0.1) is 11.5 Å². The van der Waals surface area contributed by atoms with E-state index in [1.165, 1.54) is 6.42 Å². The molecule has 0 bridgehead atoms. The van der Waals surface area contributed by atoms with Gasteiger partial charge in [-0.3, -0.25) is 9.59 Å². The summed E-state index contributed by atoms with van der Waals surface area (Å²) in [7, 11) is 0. The molecule has 1 fully saturated rings. The van der Waals surface area contributed by atoms with Gasteiger partial charge in [-0.1, -0.05) is 37.3 Å². The van der Waals surface area contributed by atoms with Gasteiger partial charge in [-0.05, 0) is 63.3 Å². The number of piperidine rings is 1. The summed E-state index contributed by atoms with van der Waals surface area (Å²) in [5.74, 6) is -0.234. The predicted octanol–water partition coefficient (Wildman–Crippen LogP) is 5.29. The van der Waals surface area contributed by atoms with Gasteiger partial charge in [0.1, 0.15) is 0 Å². The minimum Gasteiger partial charge on any atom is -0.371 e. The molecule has 5 nitrogen and oxygen atoms in total. The molecular formula is C26H35N3O2. The fourth-order valence-electron chi connectivity index (χ4n) is 4.36. The van der Waals surface area contributed by atoms with Crippen LogP contribution in [0.4, 0.5) is 11.4 Å². The lowest BCUT2D eigenvalue weighted by Gasteiger charge is -2.31. The molecule has 1 heterocycles. The molecule has 0 radical (unpaired) electrons. The van der Waals surface area contributed by atoms with Crippen molar-refractivity contribution in [3.63, 3.8) is 0 Å². The van der Waals surface area contributed by atoms with Crippen LogP contribution in [0.1, 0.15) is 68.3 Å². The second kappa shape index (κ2) is 11.0. The first kappa shape index (κ1) is 22.9. The molecule has 0 unspecified atom stereocenters. The largest absolute Gasteiger partial charge is 0.371 e. The van der Waals surface area contributed by atoms with Gasteiger partial charge in [-0.15, -0.1) is 0 Å². The molecule has 1 aliphatic heterocycles. The zero-order chi connectivity index (χ0) is 22.2. The summed E-state index contributed by atoms with van der Waals surface area (Å²) in [4.78, 5) is 30.5. The number of hydrogen-bond acceptors (Lipinski definition) is 3. The Balaban J connectivity index is 1.89. The molecule has 1 atom stereocenters. The third-order valence-corrected chi connectivity index (χ3v) is 6.17. The maximum Gasteiger partial charge on any atom is 0.256 e. The number of rotatable bonds is 8. The molecule has 166 valence electrons. The lowest BCUT2D eigenvalue weighted by atomic mass is 9.95. The van der Waals surface area contributed by atoms with E-state index in [1.807, 2.05) is 74.2 Å². The molecule has 0 spiro atoms. The average Bonchev–Trinajstić information content (AvgIpc) is 2.81. The van der Waals surface area contributed by atoms with Gasteiger partial charge in [-0.25, -0.2) is 0 Å². The van der Waals surface area contributed by atoms with Crippen LogP contribution in [-0.2, 0) is 4.79 Å². The summed E-state index contributed by atoms with van der Waals surface area (Å²) in [6.45, 7) is 9.28. The van der Waals surface area contributed by atoms with E-state index in [-0.39, 0.29) is 17.7 Å². The SMILES string of the molecule is CC[C@@H](C(=O)Nc1ccc(N2CCCCC2)c(C(=O)N(CC)CC)c1)c1ccccc1. The molecule has 2 amide bonds. The summed E-state index contributed by atoms with van der Waals surface area (Å²) in [6, 6.07) is 15.6. The molecule has 31 heavy (non-hydrogen) atoms. The molecule has 5 heteroatoms. The Labute approximate surface area is 186 Å². The number of amides is 2. The molecule has 0 aromatic heterocycles. The van der Waals surface area contributed by atoms with Crippen LogP contribution in [0.3, 0.4) is 0 Å². The number of carbonyl (C=O) groups excluding carboxylic acids is 2. The first-order valence-corrected chi connectivity index (χ1v) is 11.6. The second-order valence-corrected chi connectivity index (χ2v) is 8.12. The van der Waals surface area contributed by atoms with E-state index in [2.05, 4.69) is 10.2 Å². The summed E-state index contributed by atoms with van der Waals surface area (Å²) in [6.07, 6.45) is 4.24. The van der Waals surface area contributed by atoms with Crippen LogP contribution in [0.15, 0.2) is 48.5 Å². The Hall–Kier alpha value is -2.82. The average molecular weight is 422 g/mol. The van der Waals surface area contributed by atoms with E-state index in [1.54, 1.807) is 0 Å². The molecule has 1 N–H and O–H groups in total. The Morgan fingerprint density at radius 3 is 2.26 bits per heavy atom. The van der Waals surface area contributed by atoms with Crippen molar-refractivity contribution < 1.29 is 9.59 Å². The molecular weight excluding hydrogens is 386 g/mol. The minimum atomic E-state index is -0.218. The van der Waals surface area contributed by atoms with Crippen molar-refractivity contribution in [1.82, 2.24) is 4.90 Å². The van der Waals surface area contributed by atoms with Crippen LogP contribution in [0.5, 0.6) is 0 Å². The standard InChI is InChI=1S/C26H35N3O2/c1-4-22(20-13-9-7-10-14-20)25(30)27-21-15-16-24(29-17-11-8-12-18-29)23(19-21)26(31)28(5-2)6-3/h7,9-10,13-16,19,22H,4-6,8,11-12,17-18H2,1-3H3,(H,27,30)/t22-/m1/s1. The molecule has 1 aliphatic rings. The topological polar surface area (TPSA) is 52.7 Å². The minimum absolute atomic E-state index is 0.0248. The fourth-order valence-corrected chi connectivity index (χ4v) is 4.36. The zero-order valence-corrected chi connectivity index (χ0v) is 19.1. The molecule has 3 rings (SSSR count). The van der Waals surface area contributed by atoms with E-state index in [0.717, 1.165) is 37.2 Å². The number of nitrogens with zero attached hydrogens (tertiary/aromatic N) is 2. The van der Waals surface area contributed by atoms with E-state index < -0.39 is 0 Å². The van der Waals surface area contributed by atoms with Crippen molar-refractivity contribution >= 4 is 23.2 Å². The van der Waals surface area contributed by atoms with Crippen LogP contribution < -0.4 is 10.2 Å². The first-order chi connectivity index (χ1) is 15.1. The van der Waals surface area contributed by atoms with Gasteiger partial charge in [-0.2, -0.15) is 0 Å². The number of anilines is 2. The zero-order valence-electron chi connectivity index (χ0n) is 19.1. The maximum atomic E-state index is 13.3. The Bertz CT molecular complexity index is 871. The first-order valence-electron chi connectivity index (χ1n) is 11.6. The quantitative estimate of drug-likeness (QED) is 0.630. The smallest absolute Gasteiger partial charge is 0.256 e. The van der Waals surface area contributed by atoms with Crippen molar-refractivity contribution in [3.8, 4) is 0 Å². The van der Waals surface area contributed by atoms with Crippen molar-refractivity contribution in [1.29, 1.82) is 0 Å². The second-order valence-electron chi connectivity index (χ2n) is 8.12. The highest BCUT2D eigenvalue weighted by Gasteiger charge is 2.24. The third kappa shape index (κ3) is 5.46. The van der Waals surface area contributed by atoms with Crippen LogP contribution >= 0.6 is 0 Å². The number of hydrogen-bond donors (Lipinski definition) is 1. The van der Waals surface area contributed by atoms with Gasteiger partial charge < -0.3 is 15.1 Å². The van der Waals surface area contributed by atoms with Crippen molar-refractivity contribution in [3.05, 3.63) is 59.7 Å². The monoisotopic (exact) mass is 421 g/mol. The van der Waals surface area contributed by atoms with Gasteiger partial charge >= 0.3 is 0 Å². The Kier molecular flexibility index (Phi) is 8.10. The molecule has 0 aliphatic carbocycles. The number of benzene rings is 2. The molecule has 0 saturated carbocycles. The van der Waals surface area contributed by atoms with Gasteiger partial charge in [0.25, 0.3) is 5.91 Å². The molecule has 2 aromatic carbocycles. The summed E-state index contributed by atoms with van der Waals surface area (Å²) in [5.41, 5.74) is 3.34. The van der Waals surface area contributed by atoms with Crippen LogP contribution in [0.2, 0.25) is 0 Å². The highest BCUT2D eigenvalue weighted by atomic mass is 16.2.